The quantitative estimate of drug-likeness (QED) is 0.158. The molecule has 1 heterocycles. The third kappa shape index (κ3) is 5.16. The van der Waals surface area contributed by atoms with Gasteiger partial charge in [0.15, 0.2) is 0 Å². The maximum atomic E-state index is 2.44. The molecular formula is C56H35NS. The molecule has 0 aliphatic heterocycles. The fourth-order valence-electron chi connectivity index (χ4n) is 9.34. The maximum absolute atomic E-state index is 2.44. The van der Waals surface area contributed by atoms with Crippen LogP contribution >= 0.6 is 11.3 Å². The van der Waals surface area contributed by atoms with Crippen LogP contribution in [0.15, 0.2) is 212 Å². The lowest BCUT2D eigenvalue weighted by atomic mass is 9.92. The Labute approximate surface area is 340 Å². The molecule has 11 aromatic carbocycles. The van der Waals surface area contributed by atoms with E-state index in [1.165, 1.54) is 102 Å². The summed E-state index contributed by atoms with van der Waals surface area (Å²) in [5.74, 6) is 0. The fourth-order valence-corrected chi connectivity index (χ4v) is 10.5. The van der Waals surface area contributed by atoms with Gasteiger partial charge in [-0.05, 0) is 131 Å². The Morgan fingerprint density at radius 2 is 0.776 bits per heavy atom. The standard InChI is InChI=1S/C56H35NS/c1-2-13-42-39(12-1)35-51(47-18-7-3-14-43(42)47)37-26-31-41(32-27-37)57(53-21-11-23-55-56(53)50-20-9-10-22-54(50)58-55)40-29-24-36(25-30-40)38-28-33-49-46-17-5-4-15-44(46)45-16-6-8-19-48(45)52(49)34-38/h1-35H. The molecule has 0 spiro atoms. The van der Waals surface area contributed by atoms with Crippen molar-refractivity contribution in [2.24, 2.45) is 0 Å². The Morgan fingerprint density at radius 1 is 0.293 bits per heavy atom. The van der Waals surface area contributed by atoms with E-state index in [0.29, 0.717) is 0 Å². The van der Waals surface area contributed by atoms with Crippen LogP contribution in [0.4, 0.5) is 17.1 Å². The summed E-state index contributed by atoms with van der Waals surface area (Å²) in [6, 6.07) is 78.3. The second-order valence-corrected chi connectivity index (χ2v) is 16.3. The fraction of sp³-hybridized carbons (Fsp3) is 0. The lowest BCUT2D eigenvalue weighted by molar-refractivity contribution is 1.30. The largest absolute Gasteiger partial charge is 0.310 e. The van der Waals surface area contributed by atoms with E-state index < -0.39 is 0 Å². The molecule has 12 rings (SSSR count). The summed E-state index contributed by atoms with van der Waals surface area (Å²) in [4.78, 5) is 2.44. The Balaban J connectivity index is 1.01. The van der Waals surface area contributed by atoms with Crippen LogP contribution in [-0.4, -0.2) is 0 Å². The van der Waals surface area contributed by atoms with Crippen LogP contribution in [0.1, 0.15) is 0 Å². The highest BCUT2D eigenvalue weighted by Crippen LogP contribution is 2.46. The van der Waals surface area contributed by atoms with E-state index in [4.69, 9.17) is 0 Å². The highest BCUT2D eigenvalue weighted by Gasteiger charge is 2.19. The minimum Gasteiger partial charge on any atom is -0.310 e. The van der Waals surface area contributed by atoms with E-state index in [0.717, 1.165) is 11.4 Å². The molecule has 0 bridgehead atoms. The van der Waals surface area contributed by atoms with Gasteiger partial charge in [0.2, 0.25) is 0 Å². The molecule has 0 saturated heterocycles. The van der Waals surface area contributed by atoms with E-state index in [1.807, 2.05) is 11.3 Å². The molecule has 270 valence electrons. The number of hydrogen-bond donors (Lipinski definition) is 0. The van der Waals surface area contributed by atoms with E-state index in [9.17, 15) is 0 Å². The van der Waals surface area contributed by atoms with Crippen molar-refractivity contribution in [1.29, 1.82) is 0 Å². The first-order chi connectivity index (χ1) is 28.8. The minimum absolute atomic E-state index is 1.12. The van der Waals surface area contributed by atoms with Gasteiger partial charge in [0.1, 0.15) is 0 Å². The monoisotopic (exact) mass is 753 g/mol. The number of nitrogens with zero attached hydrogens (tertiary/aromatic N) is 1. The van der Waals surface area contributed by atoms with Gasteiger partial charge in [0, 0.05) is 31.5 Å². The van der Waals surface area contributed by atoms with Gasteiger partial charge in [-0.2, -0.15) is 0 Å². The van der Waals surface area contributed by atoms with E-state index >= 15 is 0 Å². The molecule has 12 aromatic rings. The van der Waals surface area contributed by atoms with Crippen molar-refractivity contribution in [3.63, 3.8) is 0 Å². The highest BCUT2D eigenvalue weighted by atomic mass is 32.1. The summed E-state index contributed by atoms with van der Waals surface area (Å²) < 4.78 is 2.59. The predicted molar refractivity (Wildman–Crippen MR) is 252 cm³/mol. The SMILES string of the molecule is c1ccc2c(c1)cc(-c1ccc(N(c3ccc(-c4ccc5c6ccccc6c6ccccc6c5c4)cc3)c3cccc4sc5ccccc5c34)cc1)c1ccccc12. The summed E-state index contributed by atoms with van der Waals surface area (Å²) in [6.07, 6.45) is 0. The second kappa shape index (κ2) is 13.2. The summed E-state index contributed by atoms with van der Waals surface area (Å²) >= 11 is 1.86. The van der Waals surface area contributed by atoms with Crippen LogP contribution in [0.2, 0.25) is 0 Å². The van der Waals surface area contributed by atoms with Crippen molar-refractivity contribution in [3.05, 3.63) is 212 Å². The van der Waals surface area contributed by atoms with Crippen LogP contribution in [0, 0.1) is 0 Å². The molecule has 0 saturated carbocycles. The summed E-state index contributed by atoms with van der Waals surface area (Å²) in [5, 5.41) is 15.4. The topological polar surface area (TPSA) is 3.24 Å². The second-order valence-electron chi connectivity index (χ2n) is 15.2. The van der Waals surface area contributed by atoms with Gasteiger partial charge < -0.3 is 4.90 Å². The van der Waals surface area contributed by atoms with Crippen molar-refractivity contribution in [2.45, 2.75) is 0 Å². The Morgan fingerprint density at radius 3 is 1.45 bits per heavy atom. The Bertz CT molecular complexity index is 3520. The lowest BCUT2D eigenvalue weighted by Crippen LogP contribution is -2.10. The van der Waals surface area contributed by atoms with Gasteiger partial charge in [0.05, 0.1) is 5.69 Å². The van der Waals surface area contributed by atoms with Gasteiger partial charge in [-0.1, -0.05) is 158 Å². The zero-order chi connectivity index (χ0) is 38.2. The lowest BCUT2D eigenvalue weighted by Gasteiger charge is -2.27. The van der Waals surface area contributed by atoms with Crippen LogP contribution < -0.4 is 4.90 Å². The Hall–Kier alpha value is -7.26. The zero-order valence-electron chi connectivity index (χ0n) is 31.6. The first-order valence-corrected chi connectivity index (χ1v) is 20.7. The molecule has 0 fully saturated rings. The molecule has 0 N–H and O–H groups in total. The smallest absolute Gasteiger partial charge is 0.0554 e. The summed E-state index contributed by atoms with van der Waals surface area (Å²) in [7, 11) is 0. The van der Waals surface area contributed by atoms with Crippen LogP contribution in [0.25, 0.3) is 96.3 Å². The number of benzene rings is 11. The number of fused-ring (bicyclic) bond motifs is 12. The summed E-state index contributed by atoms with van der Waals surface area (Å²) in [6.45, 7) is 0. The maximum Gasteiger partial charge on any atom is 0.0554 e. The molecule has 0 amide bonds. The van der Waals surface area contributed by atoms with Gasteiger partial charge in [-0.15, -0.1) is 11.3 Å². The number of anilines is 3. The average molecular weight is 754 g/mol. The molecule has 0 aliphatic carbocycles. The van der Waals surface area contributed by atoms with E-state index in [1.54, 1.807) is 0 Å². The van der Waals surface area contributed by atoms with Crippen molar-refractivity contribution in [3.8, 4) is 22.3 Å². The molecule has 1 aromatic heterocycles. The number of rotatable bonds is 5. The third-order valence-electron chi connectivity index (χ3n) is 12.0. The molecule has 0 atom stereocenters. The van der Waals surface area contributed by atoms with Crippen LogP contribution in [-0.2, 0) is 0 Å². The van der Waals surface area contributed by atoms with E-state index in [-0.39, 0.29) is 0 Å². The normalized spacial score (nSPS) is 11.8. The molecule has 0 aliphatic rings. The van der Waals surface area contributed by atoms with Crippen molar-refractivity contribution in [1.82, 2.24) is 0 Å². The molecule has 1 nitrogen and oxygen atoms in total. The average Bonchev–Trinajstić information content (AvgIpc) is 3.69. The van der Waals surface area contributed by atoms with Crippen LogP contribution in [0.5, 0.6) is 0 Å². The van der Waals surface area contributed by atoms with Gasteiger partial charge in [-0.25, -0.2) is 0 Å². The molecule has 0 radical (unpaired) electrons. The summed E-state index contributed by atoms with van der Waals surface area (Å²) in [5.41, 5.74) is 8.27. The molecular weight excluding hydrogens is 719 g/mol. The zero-order valence-corrected chi connectivity index (χ0v) is 32.4. The molecule has 2 heteroatoms. The predicted octanol–water partition coefficient (Wildman–Crippen LogP) is 16.6. The van der Waals surface area contributed by atoms with Crippen molar-refractivity contribution < 1.29 is 0 Å². The molecule has 58 heavy (non-hydrogen) atoms. The minimum atomic E-state index is 1.12. The first kappa shape index (κ1) is 32.9. The Kier molecular flexibility index (Phi) is 7.47. The van der Waals surface area contributed by atoms with Gasteiger partial charge >= 0.3 is 0 Å². The van der Waals surface area contributed by atoms with Crippen molar-refractivity contribution in [2.75, 3.05) is 4.90 Å². The molecule has 0 unspecified atom stereocenters. The number of hydrogen-bond acceptors (Lipinski definition) is 2. The van der Waals surface area contributed by atoms with Gasteiger partial charge in [0.25, 0.3) is 0 Å². The first-order valence-electron chi connectivity index (χ1n) is 19.9. The van der Waals surface area contributed by atoms with Crippen LogP contribution in [0.3, 0.4) is 0 Å². The van der Waals surface area contributed by atoms with E-state index in [2.05, 4.69) is 217 Å². The third-order valence-corrected chi connectivity index (χ3v) is 13.2. The number of thiophene rings is 1. The highest BCUT2D eigenvalue weighted by molar-refractivity contribution is 7.26. The van der Waals surface area contributed by atoms with Crippen molar-refractivity contribution >= 4 is 102 Å². The van der Waals surface area contributed by atoms with Gasteiger partial charge in [-0.3, -0.25) is 0 Å².